The van der Waals surface area contributed by atoms with Gasteiger partial charge >= 0.3 is 20.4 Å². The van der Waals surface area contributed by atoms with Crippen molar-refractivity contribution in [2.24, 2.45) is 0 Å². The first-order valence-corrected chi connectivity index (χ1v) is 10.9. The van der Waals surface area contributed by atoms with E-state index in [0.29, 0.717) is 0 Å². The quantitative estimate of drug-likeness (QED) is 0.257. The monoisotopic (exact) mass is 520 g/mol. The summed E-state index contributed by atoms with van der Waals surface area (Å²) in [4.78, 5) is 19.6. The van der Waals surface area contributed by atoms with Crippen molar-refractivity contribution in [2.45, 2.75) is 25.7 Å². The zero-order chi connectivity index (χ0) is 21.7. The average molecular weight is 521 g/mol. The Hall–Kier alpha value is -3.26. The molecule has 33 heavy (non-hydrogen) atoms. The molecule has 164 valence electrons. The van der Waals surface area contributed by atoms with Crippen LogP contribution in [-0.4, -0.2) is 9.97 Å². The van der Waals surface area contributed by atoms with Crippen LogP contribution in [0.15, 0.2) is 72.8 Å². The molecule has 2 aliphatic heterocycles. The largest absolute Gasteiger partial charge is 2.00 e. The third-order valence-electron chi connectivity index (χ3n) is 6.06. The van der Waals surface area contributed by atoms with Gasteiger partial charge in [-0.3, -0.25) is 4.98 Å². The van der Waals surface area contributed by atoms with Crippen molar-refractivity contribution in [3.63, 3.8) is 0 Å². The van der Waals surface area contributed by atoms with Gasteiger partial charge in [0, 0.05) is 23.2 Å². The van der Waals surface area contributed by atoms with Crippen LogP contribution in [0.4, 0.5) is 0 Å². The molecule has 0 atom stereocenters. The molecule has 0 unspecified atom stereocenters. The Balaban J connectivity index is 0.00000228. The van der Waals surface area contributed by atoms with Crippen LogP contribution in [0.2, 0.25) is 0 Å². The van der Waals surface area contributed by atoms with E-state index in [2.05, 4.69) is 56.3 Å². The Morgan fingerprint density at radius 2 is 1.36 bits per heavy atom. The number of fused-ring (bicyclic) bond motifs is 8. The Morgan fingerprint density at radius 3 is 2.06 bits per heavy atom. The normalized spacial score (nSPS) is 14.1. The SMILES string of the molecule is CC1(C)Cc2cc3ccc([n-]3)c(-c3ccccc3)c3ccc(cc4nc(cc1n2)C=C4)[n-]3.[Pd+2]. The summed E-state index contributed by atoms with van der Waals surface area (Å²) in [6.07, 6.45) is 4.95. The van der Waals surface area contributed by atoms with Gasteiger partial charge in [0.25, 0.3) is 0 Å². The Bertz CT molecular complexity index is 1520. The summed E-state index contributed by atoms with van der Waals surface area (Å²) in [5.41, 5.74) is 9.65. The summed E-state index contributed by atoms with van der Waals surface area (Å²) in [7, 11) is 0. The Kier molecular flexibility index (Phi) is 5.40. The van der Waals surface area contributed by atoms with Gasteiger partial charge in [0.2, 0.25) is 0 Å². The van der Waals surface area contributed by atoms with E-state index in [-0.39, 0.29) is 25.8 Å². The minimum absolute atomic E-state index is 0. The summed E-state index contributed by atoms with van der Waals surface area (Å²) in [5.74, 6) is 0. The molecule has 0 aliphatic carbocycles. The number of aromatic nitrogens is 4. The predicted molar refractivity (Wildman–Crippen MR) is 130 cm³/mol. The van der Waals surface area contributed by atoms with Crippen molar-refractivity contribution < 1.29 is 20.4 Å². The van der Waals surface area contributed by atoms with Gasteiger partial charge in [0.05, 0.1) is 11.4 Å². The van der Waals surface area contributed by atoms with Gasteiger partial charge in [-0.05, 0) is 29.3 Å². The van der Waals surface area contributed by atoms with Crippen LogP contribution in [0.3, 0.4) is 0 Å². The van der Waals surface area contributed by atoms with E-state index in [9.17, 15) is 0 Å². The van der Waals surface area contributed by atoms with Crippen LogP contribution in [0.5, 0.6) is 0 Å². The van der Waals surface area contributed by atoms with E-state index in [4.69, 9.17) is 19.9 Å². The van der Waals surface area contributed by atoms with Gasteiger partial charge in [-0.15, -0.1) is 22.1 Å². The van der Waals surface area contributed by atoms with Crippen LogP contribution in [0.1, 0.15) is 36.6 Å². The molecule has 8 bridgehead atoms. The molecule has 0 spiro atoms. The second-order valence-electron chi connectivity index (χ2n) is 9.03. The first-order valence-electron chi connectivity index (χ1n) is 10.9. The Morgan fingerprint density at radius 1 is 0.727 bits per heavy atom. The van der Waals surface area contributed by atoms with Crippen LogP contribution in [0.25, 0.3) is 45.3 Å². The summed E-state index contributed by atoms with van der Waals surface area (Å²) in [5, 5.41) is 0. The first-order chi connectivity index (χ1) is 15.5. The number of benzene rings is 1. The van der Waals surface area contributed by atoms with Crippen molar-refractivity contribution in [2.75, 3.05) is 0 Å². The summed E-state index contributed by atoms with van der Waals surface area (Å²) in [6.45, 7) is 4.46. The van der Waals surface area contributed by atoms with E-state index in [1.807, 2.05) is 42.5 Å². The van der Waals surface area contributed by atoms with E-state index in [1.54, 1.807) is 0 Å². The molecular weight excluding hydrogens is 499 g/mol. The van der Waals surface area contributed by atoms with Crippen molar-refractivity contribution in [1.82, 2.24) is 19.9 Å². The van der Waals surface area contributed by atoms with Gasteiger partial charge in [-0.2, -0.15) is 0 Å². The average Bonchev–Trinajstić information content (AvgIpc) is 3.54. The number of hydrogen-bond donors (Lipinski definition) is 0. The molecule has 0 fully saturated rings. The number of rotatable bonds is 1. The van der Waals surface area contributed by atoms with Gasteiger partial charge < -0.3 is 9.97 Å². The summed E-state index contributed by atoms with van der Waals surface area (Å²) >= 11 is 0. The van der Waals surface area contributed by atoms with Gasteiger partial charge in [0.1, 0.15) is 0 Å². The maximum atomic E-state index is 4.95. The molecule has 4 nitrogen and oxygen atoms in total. The van der Waals surface area contributed by atoms with Crippen LogP contribution in [-0.2, 0) is 32.3 Å². The molecule has 0 saturated carbocycles. The summed E-state index contributed by atoms with van der Waals surface area (Å²) < 4.78 is 0. The maximum absolute atomic E-state index is 4.95. The standard InChI is InChI=1S/C28H22N4.Pd/c1-28(2)17-23-15-21-11-13-25(31-21)27(18-6-4-3-5-7-18)24-12-10-20(30-24)14-19-8-9-22(29-19)16-26(28)32-23;/h3-16H,17H2,1-2H3;/q-2;+2. The van der Waals surface area contributed by atoms with E-state index in [0.717, 1.165) is 62.4 Å². The van der Waals surface area contributed by atoms with Crippen molar-refractivity contribution >= 4 is 34.2 Å². The van der Waals surface area contributed by atoms with E-state index < -0.39 is 0 Å². The third-order valence-corrected chi connectivity index (χ3v) is 6.06. The topological polar surface area (TPSA) is 54.0 Å². The van der Waals surface area contributed by atoms with Crippen LogP contribution in [0, 0.1) is 0 Å². The molecular formula is C28H22N4Pd. The van der Waals surface area contributed by atoms with Crippen molar-refractivity contribution in [3.05, 3.63) is 95.6 Å². The minimum atomic E-state index is -0.0406. The second-order valence-corrected chi connectivity index (χ2v) is 9.03. The molecule has 2 aliphatic rings. The number of nitrogens with zero attached hydrogens (tertiary/aromatic N) is 4. The fraction of sp³-hybridized carbons (Fsp3) is 0.143. The maximum Gasteiger partial charge on any atom is 2.00 e. The van der Waals surface area contributed by atoms with Crippen molar-refractivity contribution in [1.29, 1.82) is 0 Å². The summed E-state index contributed by atoms with van der Waals surface area (Å²) in [6, 6.07) is 24.8. The van der Waals surface area contributed by atoms with Gasteiger partial charge in [-0.1, -0.05) is 80.6 Å². The van der Waals surface area contributed by atoms with Gasteiger partial charge in [-0.25, -0.2) is 4.98 Å². The van der Waals surface area contributed by atoms with Crippen molar-refractivity contribution in [3.8, 4) is 11.1 Å². The molecule has 0 radical (unpaired) electrons. The smallest absolute Gasteiger partial charge is 0.657 e. The molecule has 6 rings (SSSR count). The molecule has 4 aromatic rings. The van der Waals surface area contributed by atoms with Crippen LogP contribution < -0.4 is 9.97 Å². The minimum Gasteiger partial charge on any atom is -0.657 e. The molecule has 5 heteroatoms. The predicted octanol–water partition coefficient (Wildman–Crippen LogP) is 5.93. The van der Waals surface area contributed by atoms with Crippen LogP contribution >= 0.6 is 0 Å². The molecule has 0 saturated heterocycles. The second kappa shape index (κ2) is 8.26. The third kappa shape index (κ3) is 4.11. The fourth-order valence-corrected chi connectivity index (χ4v) is 4.44. The zero-order valence-electron chi connectivity index (χ0n) is 18.4. The molecule has 3 aromatic heterocycles. The molecule has 5 heterocycles. The Labute approximate surface area is 206 Å². The molecule has 1 aromatic carbocycles. The number of hydrogen-bond acceptors (Lipinski definition) is 2. The molecule has 0 N–H and O–H groups in total. The fourth-order valence-electron chi connectivity index (χ4n) is 4.44. The van der Waals surface area contributed by atoms with E-state index >= 15 is 0 Å². The zero-order valence-corrected chi connectivity index (χ0v) is 19.9. The van der Waals surface area contributed by atoms with Gasteiger partial charge in [0.15, 0.2) is 0 Å². The first kappa shape index (κ1) is 21.6. The molecule has 0 amide bonds. The van der Waals surface area contributed by atoms with E-state index in [1.165, 1.54) is 0 Å².